The van der Waals surface area contributed by atoms with E-state index in [1.807, 2.05) is 31.2 Å². The van der Waals surface area contributed by atoms with Crippen LogP contribution in [0.1, 0.15) is 5.56 Å². The number of aromatic nitrogens is 2. The molecule has 1 aromatic heterocycles. The van der Waals surface area contributed by atoms with Gasteiger partial charge >= 0.3 is 0 Å². The summed E-state index contributed by atoms with van der Waals surface area (Å²) in [6, 6.07) is 8.02. The number of nitrogens with one attached hydrogen (secondary N) is 2. The summed E-state index contributed by atoms with van der Waals surface area (Å²) in [7, 11) is 0. The molecule has 4 N–H and O–H groups in total. The van der Waals surface area contributed by atoms with Crippen molar-refractivity contribution in [3.63, 3.8) is 0 Å². The monoisotopic (exact) mass is 215 g/mol. The third kappa shape index (κ3) is 2.46. The number of hydrogen-bond acceptors (Lipinski definition) is 5. The van der Waals surface area contributed by atoms with Crippen molar-refractivity contribution in [1.29, 1.82) is 0 Å². The van der Waals surface area contributed by atoms with Crippen LogP contribution in [0.15, 0.2) is 36.7 Å². The second kappa shape index (κ2) is 4.59. The Morgan fingerprint density at radius 1 is 1.19 bits per heavy atom. The minimum atomic E-state index is 0.526. The minimum Gasteiger partial charge on any atom is -0.339 e. The van der Waals surface area contributed by atoms with E-state index in [1.165, 1.54) is 5.56 Å². The first-order chi connectivity index (χ1) is 7.78. The van der Waals surface area contributed by atoms with Crippen LogP contribution in [0.2, 0.25) is 0 Å². The second-order valence-corrected chi connectivity index (χ2v) is 3.43. The summed E-state index contributed by atoms with van der Waals surface area (Å²) >= 11 is 0. The van der Waals surface area contributed by atoms with Gasteiger partial charge in [0, 0.05) is 5.69 Å². The molecular formula is C11H13N5. The Morgan fingerprint density at radius 3 is 2.75 bits per heavy atom. The Balaban J connectivity index is 2.20. The predicted octanol–water partition coefficient (Wildman–Crippen LogP) is 1.81. The first-order valence-corrected chi connectivity index (χ1v) is 4.90. The third-order valence-corrected chi connectivity index (χ3v) is 2.07. The average Bonchev–Trinajstić information content (AvgIpc) is 2.29. The molecule has 0 saturated heterocycles. The minimum absolute atomic E-state index is 0.526. The standard InChI is InChI=1S/C11H13N5/c1-8-3-2-4-9(5-8)14-10-6-13-7-11(15-10)16-12/h2-7H,12H2,1H3,(H2,14,15,16). The van der Waals surface area contributed by atoms with Crippen LogP contribution in [0, 0.1) is 6.92 Å². The summed E-state index contributed by atoms with van der Waals surface area (Å²) in [4.78, 5) is 8.21. The SMILES string of the molecule is Cc1cccc(Nc2cncc(NN)n2)c1. The molecule has 1 aromatic carbocycles. The fourth-order valence-electron chi connectivity index (χ4n) is 1.37. The van der Waals surface area contributed by atoms with Crippen LogP contribution >= 0.6 is 0 Å². The van der Waals surface area contributed by atoms with Gasteiger partial charge in [-0.15, -0.1) is 0 Å². The van der Waals surface area contributed by atoms with Crippen LogP contribution < -0.4 is 16.6 Å². The molecule has 0 aliphatic heterocycles. The Kier molecular flexibility index (Phi) is 2.98. The number of aryl methyl sites for hydroxylation is 1. The molecule has 5 nitrogen and oxygen atoms in total. The molecule has 1 heterocycles. The predicted molar refractivity (Wildman–Crippen MR) is 64.3 cm³/mol. The van der Waals surface area contributed by atoms with Crippen molar-refractivity contribution in [2.45, 2.75) is 6.92 Å². The zero-order valence-corrected chi connectivity index (χ0v) is 8.94. The van der Waals surface area contributed by atoms with E-state index in [-0.39, 0.29) is 0 Å². The Morgan fingerprint density at radius 2 is 2.00 bits per heavy atom. The van der Waals surface area contributed by atoms with E-state index >= 15 is 0 Å². The van der Waals surface area contributed by atoms with Crippen LogP contribution in [-0.2, 0) is 0 Å². The van der Waals surface area contributed by atoms with Gasteiger partial charge in [-0.05, 0) is 24.6 Å². The molecule has 0 unspecified atom stereocenters. The lowest BCUT2D eigenvalue weighted by atomic mass is 10.2. The van der Waals surface area contributed by atoms with Crippen LogP contribution in [0.25, 0.3) is 0 Å². The highest BCUT2D eigenvalue weighted by Gasteiger charge is 1.98. The first kappa shape index (κ1) is 10.4. The Bertz CT molecular complexity index is 483. The Labute approximate surface area is 93.7 Å². The number of benzene rings is 1. The lowest BCUT2D eigenvalue weighted by Crippen LogP contribution is -2.09. The van der Waals surface area contributed by atoms with Gasteiger partial charge in [0.15, 0.2) is 11.6 Å². The molecule has 5 heteroatoms. The van der Waals surface area contributed by atoms with Crippen molar-refractivity contribution in [2.24, 2.45) is 5.84 Å². The number of hydrazine groups is 1. The van der Waals surface area contributed by atoms with Crippen molar-refractivity contribution in [3.05, 3.63) is 42.2 Å². The van der Waals surface area contributed by atoms with Crippen molar-refractivity contribution in [2.75, 3.05) is 10.7 Å². The summed E-state index contributed by atoms with van der Waals surface area (Å²) in [6.07, 6.45) is 3.20. The molecule has 0 atom stereocenters. The number of anilines is 3. The molecule has 0 fully saturated rings. The van der Waals surface area contributed by atoms with E-state index in [0.717, 1.165) is 5.69 Å². The van der Waals surface area contributed by atoms with Gasteiger partial charge in [0.2, 0.25) is 0 Å². The fraction of sp³-hybridized carbons (Fsp3) is 0.0909. The molecule has 16 heavy (non-hydrogen) atoms. The fourth-order valence-corrected chi connectivity index (χ4v) is 1.37. The summed E-state index contributed by atoms with van der Waals surface area (Å²) in [5.41, 5.74) is 4.61. The lowest BCUT2D eigenvalue weighted by Gasteiger charge is -2.06. The average molecular weight is 215 g/mol. The van der Waals surface area contributed by atoms with Gasteiger partial charge in [-0.2, -0.15) is 0 Å². The molecule has 2 rings (SSSR count). The van der Waals surface area contributed by atoms with Crippen LogP contribution in [-0.4, -0.2) is 9.97 Å². The summed E-state index contributed by atoms with van der Waals surface area (Å²) < 4.78 is 0. The van der Waals surface area contributed by atoms with E-state index in [0.29, 0.717) is 11.6 Å². The first-order valence-electron chi connectivity index (χ1n) is 4.90. The number of nitrogens with two attached hydrogens (primary N) is 1. The Hall–Kier alpha value is -2.14. The van der Waals surface area contributed by atoms with Gasteiger partial charge in [-0.25, -0.2) is 10.8 Å². The molecule has 0 bridgehead atoms. The van der Waals surface area contributed by atoms with Gasteiger partial charge in [0.05, 0.1) is 12.4 Å². The highest BCUT2D eigenvalue weighted by molar-refractivity contribution is 5.57. The van der Waals surface area contributed by atoms with Crippen molar-refractivity contribution in [3.8, 4) is 0 Å². The summed E-state index contributed by atoms with van der Waals surface area (Å²) in [5, 5.41) is 3.15. The summed E-state index contributed by atoms with van der Waals surface area (Å²) in [6.45, 7) is 2.04. The van der Waals surface area contributed by atoms with E-state index in [9.17, 15) is 0 Å². The number of nitrogens with zero attached hydrogens (tertiary/aromatic N) is 2. The number of hydrogen-bond donors (Lipinski definition) is 3. The lowest BCUT2D eigenvalue weighted by molar-refractivity contribution is 1.16. The van der Waals surface area contributed by atoms with Crippen molar-refractivity contribution < 1.29 is 0 Å². The van der Waals surface area contributed by atoms with E-state index in [2.05, 4.69) is 20.7 Å². The third-order valence-electron chi connectivity index (χ3n) is 2.07. The maximum atomic E-state index is 5.26. The van der Waals surface area contributed by atoms with Gasteiger partial charge in [0.25, 0.3) is 0 Å². The van der Waals surface area contributed by atoms with E-state index < -0.39 is 0 Å². The smallest absolute Gasteiger partial charge is 0.160 e. The van der Waals surface area contributed by atoms with E-state index in [4.69, 9.17) is 5.84 Å². The van der Waals surface area contributed by atoms with Crippen LogP contribution in [0.5, 0.6) is 0 Å². The van der Waals surface area contributed by atoms with E-state index in [1.54, 1.807) is 12.4 Å². The van der Waals surface area contributed by atoms with Crippen molar-refractivity contribution >= 4 is 17.3 Å². The second-order valence-electron chi connectivity index (χ2n) is 3.43. The topological polar surface area (TPSA) is 75.9 Å². The van der Waals surface area contributed by atoms with Crippen LogP contribution in [0.4, 0.5) is 17.3 Å². The zero-order chi connectivity index (χ0) is 11.4. The molecule has 0 amide bonds. The zero-order valence-electron chi connectivity index (χ0n) is 8.94. The summed E-state index contributed by atoms with van der Waals surface area (Å²) in [5.74, 6) is 6.44. The van der Waals surface area contributed by atoms with Gasteiger partial charge in [0.1, 0.15) is 0 Å². The molecule has 2 aromatic rings. The molecule has 0 aliphatic rings. The largest absolute Gasteiger partial charge is 0.339 e. The molecule has 0 saturated carbocycles. The highest BCUT2D eigenvalue weighted by Crippen LogP contribution is 2.15. The molecule has 0 aliphatic carbocycles. The number of nitrogen functional groups attached to an aromatic ring is 1. The molecule has 0 spiro atoms. The molecule has 0 radical (unpaired) electrons. The van der Waals surface area contributed by atoms with Gasteiger partial charge < -0.3 is 10.7 Å². The normalized spacial score (nSPS) is 9.88. The van der Waals surface area contributed by atoms with Gasteiger partial charge in [-0.1, -0.05) is 12.1 Å². The highest BCUT2D eigenvalue weighted by atomic mass is 15.3. The number of rotatable bonds is 3. The van der Waals surface area contributed by atoms with Crippen molar-refractivity contribution in [1.82, 2.24) is 9.97 Å². The molecular weight excluding hydrogens is 202 g/mol. The molecule has 82 valence electrons. The van der Waals surface area contributed by atoms with Crippen LogP contribution in [0.3, 0.4) is 0 Å². The quantitative estimate of drug-likeness (QED) is 0.537. The maximum absolute atomic E-state index is 5.26. The van der Waals surface area contributed by atoms with Gasteiger partial charge in [-0.3, -0.25) is 4.98 Å². The maximum Gasteiger partial charge on any atom is 0.160 e.